The van der Waals surface area contributed by atoms with Gasteiger partial charge in [-0.2, -0.15) is 13.2 Å². The Morgan fingerprint density at radius 3 is 2.24 bits per heavy atom. The molecule has 0 saturated carbocycles. The van der Waals surface area contributed by atoms with Gasteiger partial charge in [-0.25, -0.2) is 4.79 Å². The molecule has 0 aliphatic rings. The minimum absolute atomic E-state index is 0.106. The Morgan fingerprint density at radius 1 is 1.24 bits per heavy atom. The zero-order valence-electron chi connectivity index (χ0n) is 11.7. The highest BCUT2D eigenvalue weighted by atomic mass is 19.4. The summed E-state index contributed by atoms with van der Waals surface area (Å²) >= 11 is 0. The van der Waals surface area contributed by atoms with E-state index in [0.29, 0.717) is 12.0 Å². The van der Waals surface area contributed by atoms with Gasteiger partial charge in [-0.1, -0.05) is 19.1 Å². The lowest BCUT2D eigenvalue weighted by molar-refractivity contribution is -0.145. The molecular formula is C14H16F3NO3. The van der Waals surface area contributed by atoms with Gasteiger partial charge in [0.05, 0.1) is 19.1 Å². The molecule has 0 aliphatic heterocycles. The van der Waals surface area contributed by atoms with E-state index < -0.39 is 29.7 Å². The van der Waals surface area contributed by atoms with Gasteiger partial charge in [0, 0.05) is 0 Å². The van der Waals surface area contributed by atoms with Crippen molar-refractivity contribution in [2.24, 2.45) is 0 Å². The summed E-state index contributed by atoms with van der Waals surface area (Å²) in [6, 6.07) is 3.56. The van der Waals surface area contributed by atoms with E-state index in [1.807, 2.05) is 0 Å². The van der Waals surface area contributed by atoms with Gasteiger partial charge in [0.2, 0.25) is 5.91 Å². The molecule has 4 nitrogen and oxygen atoms in total. The van der Waals surface area contributed by atoms with Crippen LogP contribution in [0.5, 0.6) is 0 Å². The van der Waals surface area contributed by atoms with E-state index in [0.717, 1.165) is 12.1 Å². The third-order valence-electron chi connectivity index (χ3n) is 2.88. The first-order chi connectivity index (χ1) is 9.77. The van der Waals surface area contributed by atoms with E-state index in [9.17, 15) is 22.8 Å². The standard InChI is InChI=1S/C14H16F3NO3/c1-3-11(13(20)21-2)18-12(19)8-9-4-6-10(7-5-9)14(15,16)17/h4-7,11H,3,8H2,1-2H3,(H,18,19)/t11-/m0/s1. The minimum Gasteiger partial charge on any atom is -0.467 e. The summed E-state index contributed by atoms with van der Waals surface area (Å²) in [7, 11) is 1.22. The molecule has 1 aromatic rings. The molecule has 0 radical (unpaired) electrons. The highest BCUT2D eigenvalue weighted by Crippen LogP contribution is 2.29. The minimum atomic E-state index is -4.40. The summed E-state index contributed by atoms with van der Waals surface area (Å²) in [5.74, 6) is -1.01. The second kappa shape index (κ2) is 7.10. The number of carbonyl (C=O) groups excluding carboxylic acids is 2. The molecule has 0 unspecified atom stereocenters. The Balaban J connectivity index is 2.65. The van der Waals surface area contributed by atoms with E-state index in [1.165, 1.54) is 19.2 Å². The van der Waals surface area contributed by atoms with Gasteiger partial charge >= 0.3 is 12.1 Å². The predicted octanol–water partition coefficient (Wildman–Crippen LogP) is 2.32. The fraction of sp³-hybridized carbons (Fsp3) is 0.429. The van der Waals surface area contributed by atoms with E-state index in [2.05, 4.69) is 10.1 Å². The number of nitrogens with one attached hydrogen (secondary N) is 1. The normalized spacial score (nSPS) is 12.6. The molecule has 0 heterocycles. The van der Waals surface area contributed by atoms with Crippen molar-refractivity contribution in [3.8, 4) is 0 Å². The second-order valence-corrected chi connectivity index (χ2v) is 4.42. The molecule has 1 rings (SSSR count). The van der Waals surface area contributed by atoms with Crippen LogP contribution in [0.4, 0.5) is 13.2 Å². The number of amides is 1. The third kappa shape index (κ3) is 5.09. The maximum absolute atomic E-state index is 12.4. The summed E-state index contributed by atoms with van der Waals surface area (Å²) in [6.07, 6.45) is -4.14. The van der Waals surface area contributed by atoms with Crippen LogP contribution in [0, 0.1) is 0 Å². The zero-order chi connectivity index (χ0) is 16.0. The number of alkyl halides is 3. The van der Waals surface area contributed by atoms with Crippen molar-refractivity contribution in [2.45, 2.75) is 32.0 Å². The number of ether oxygens (including phenoxy) is 1. The Morgan fingerprint density at radius 2 is 1.81 bits per heavy atom. The smallest absolute Gasteiger partial charge is 0.416 e. The number of hydrogen-bond acceptors (Lipinski definition) is 3. The third-order valence-corrected chi connectivity index (χ3v) is 2.88. The van der Waals surface area contributed by atoms with Gasteiger partial charge in [0.15, 0.2) is 0 Å². The quantitative estimate of drug-likeness (QED) is 0.849. The van der Waals surface area contributed by atoms with Gasteiger partial charge in [-0.3, -0.25) is 4.79 Å². The molecule has 0 spiro atoms. The Kier molecular flexibility index (Phi) is 5.75. The largest absolute Gasteiger partial charge is 0.467 e. The number of methoxy groups -OCH3 is 1. The molecule has 0 aromatic heterocycles. The fourth-order valence-electron chi connectivity index (χ4n) is 1.71. The first-order valence-electron chi connectivity index (χ1n) is 6.31. The number of esters is 1. The van der Waals surface area contributed by atoms with Crippen molar-refractivity contribution >= 4 is 11.9 Å². The summed E-state index contributed by atoms with van der Waals surface area (Å²) in [5, 5.41) is 2.48. The Bertz CT molecular complexity index is 497. The molecule has 1 N–H and O–H groups in total. The number of rotatable bonds is 5. The summed E-state index contributed by atoms with van der Waals surface area (Å²) in [5.41, 5.74) is -0.340. The van der Waals surface area contributed by atoms with Gasteiger partial charge in [0.25, 0.3) is 0 Å². The second-order valence-electron chi connectivity index (χ2n) is 4.42. The van der Waals surface area contributed by atoms with Gasteiger partial charge in [-0.05, 0) is 24.1 Å². The van der Waals surface area contributed by atoms with Crippen LogP contribution in [0.3, 0.4) is 0 Å². The van der Waals surface area contributed by atoms with Gasteiger partial charge in [-0.15, -0.1) is 0 Å². The first-order valence-corrected chi connectivity index (χ1v) is 6.31. The van der Waals surface area contributed by atoms with E-state index in [4.69, 9.17) is 0 Å². The summed E-state index contributed by atoms with van der Waals surface area (Å²) in [4.78, 5) is 23.1. The monoisotopic (exact) mass is 303 g/mol. The average Bonchev–Trinajstić information content (AvgIpc) is 2.43. The van der Waals surface area contributed by atoms with Crippen LogP contribution in [0.1, 0.15) is 24.5 Å². The number of carbonyl (C=O) groups is 2. The molecule has 0 aliphatic carbocycles. The fourth-order valence-corrected chi connectivity index (χ4v) is 1.71. The van der Waals surface area contributed by atoms with E-state index >= 15 is 0 Å². The van der Waals surface area contributed by atoms with E-state index in [-0.39, 0.29) is 6.42 Å². The maximum atomic E-state index is 12.4. The van der Waals surface area contributed by atoms with Crippen LogP contribution in [-0.4, -0.2) is 25.0 Å². The lowest BCUT2D eigenvalue weighted by atomic mass is 10.1. The molecule has 1 atom stereocenters. The Labute approximate surface area is 120 Å². The van der Waals surface area contributed by atoms with Crippen molar-refractivity contribution in [1.82, 2.24) is 5.32 Å². The highest BCUT2D eigenvalue weighted by Gasteiger charge is 2.30. The lowest BCUT2D eigenvalue weighted by Crippen LogP contribution is -2.41. The lowest BCUT2D eigenvalue weighted by Gasteiger charge is -2.14. The van der Waals surface area contributed by atoms with Crippen LogP contribution in [0.2, 0.25) is 0 Å². The van der Waals surface area contributed by atoms with Crippen molar-refractivity contribution in [3.05, 3.63) is 35.4 Å². The molecule has 0 fully saturated rings. The van der Waals surface area contributed by atoms with Crippen LogP contribution in [-0.2, 0) is 26.9 Å². The summed E-state index contributed by atoms with van der Waals surface area (Å²) < 4.78 is 41.7. The SMILES string of the molecule is CC[C@H](NC(=O)Cc1ccc(C(F)(F)F)cc1)C(=O)OC. The van der Waals surface area contributed by atoms with Crippen LogP contribution in [0.15, 0.2) is 24.3 Å². The number of hydrogen-bond donors (Lipinski definition) is 1. The first kappa shape index (κ1) is 17.0. The average molecular weight is 303 g/mol. The maximum Gasteiger partial charge on any atom is 0.416 e. The number of halogens is 3. The van der Waals surface area contributed by atoms with Crippen molar-refractivity contribution in [1.29, 1.82) is 0 Å². The topological polar surface area (TPSA) is 55.4 Å². The van der Waals surface area contributed by atoms with E-state index in [1.54, 1.807) is 6.92 Å². The molecule has 21 heavy (non-hydrogen) atoms. The van der Waals surface area contributed by atoms with Crippen molar-refractivity contribution < 1.29 is 27.5 Å². The van der Waals surface area contributed by atoms with Crippen LogP contribution in [0.25, 0.3) is 0 Å². The van der Waals surface area contributed by atoms with Crippen molar-refractivity contribution in [2.75, 3.05) is 7.11 Å². The molecule has 1 amide bonds. The highest BCUT2D eigenvalue weighted by molar-refractivity contribution is 5.85. The molecule has 1 aromatic carbocycles. The molecule has 7 heteroatoms. The van der Waals surface area contributed by atoms with Gasteiger partial charge < -0.3 is 10.1 Å². The Hall–Kier alpha value is -2.05. The molecule has 0 saturated heterocycles. The van der Waals surface area contributed by atoms with Crippen LogP contribution < -0.4 is 5.32 Å². The zero-order valence-corrected chi connectivity index (χ0v) is 11.7. The van der Waals surface area contributed by atoms with Crippen LogP contribution >= 0.6 is 0 Å². The van der Waals surface area contributed by atoms with Crippen molar-refractivity contribution in [3.63, 3.8) is 0 Å². The molecule has 0 bridgehead atoms. The summed E-state index contributed by atoms with van der Waals surface area (Å²) in [6.45, 7) is 1.71. The van der Waals surface area contributed by atoms with Gasteiger partial charge in [0.1, 0.15) is 6.04 Å². The number of benzene rings is 1. The molecule has 116 valence electrons. The molecular weight excluding hydrogens is 287 g/mol. The predicted molar refractivity (Wildman–Crippen MR) is 69.4 cm³/mol.